The largest absolute Gasteiger partial charge is 0.260 e. The Morgan fingerprint density at radius 1 is 0.864 bits per heavy atom. The van der Waals surface area contributed by atoms with Crippen molar-refractivity contribution in [3.63, 3.8) is 0 Å². The third kappa shape index (κ3) is 4.60. The van der Waals surface area contributed by atoms with Gasteiger partial charge in [-0.15, -0.1) is 24.2 Å². The van der Waals surface area contributed by atoms with Crippen molar-refractivity contribution in [2.45, 2.75) is 10.6 Å². The second kappa shape index (κ2) is 8.37. The van der Waals surface area contributed by atoms with Crippen LogP contribution in [-0.2, 0) is 5.75 Å². The van der Waals surface area contributed by atoms with E-state index in [-0.39, 0.29) is 12.4 Å². The molecule has 0 aliphatic heterocycles. The summed E-state index contributed by atoms with van der Waals surface area (Å²) in [5.41, 5.74) is 3.55. The van der Waals surface area contributed by atoms with E-state index in [1.807, 2.05) is 12.3 Å². The average molecular weight is 393 g/mol. The topological polar surface area (TPSA) is 12.9 Å². The Balaban J connectivity index is 0.00000176. The van der Waals surface area contributed by atoms with Gasteiger partial charge in [0, 0.05) is 21.3 Å². The molecule has 0 aliphatic carbocycles. The molecule has 1 heterocycles. The van der Waals surface area contributed by atoms with Gasteiger partial charge in [0.25, 0.3) is 0 Å². The fourth-order valence-electron chi connectivity index (χ4n) is 2.06. The van der Waals surface area contributed by atoms with Crippen LogP contribution in [0.15, 0.2) is 82.3 Å². The lowest BCUT2D eigenvalue weighted by atomic mass is 10.1. The zero-order chi connectivity index (χ0) is 14.5. The van der Waals surface area contributed by atoms with Gasteiger partial charge < -0.3 is 0 Å². The minimum absolute atomic E-state index is 0. The fraction of sp³-hybridized carbons (Fsp3) is 0.0556. The monoisotopic (exact) mass is 391 g/mol. The van der Waals surface area contributed by atoms with E-state index in [0.717, 1.165) is 15.9 Å². The molecular formula is C18H15BrClNS. The highest BCUT2D eigenvalue weighted by Gasteiger charge is 2.01. The van der Waals surface area contributed by atoms with Crippen molar-refractivity contribution < 1.29 is 0 Å². The van der Waals surface area contributed by atoms with Gasteiger partial charge in [-0.2, -0.15) is 0 Å². The van der Waals surface area contributed by atoms with Crippen LogP contribution in [0.5, 0.6) is 0 Å². The fourth-order valence-corrected chi connectivity index (χ4v) is 3.12. The average Bonchev–Trinajstić information content (AvgIpc) is 2.55. The van der Waals surface area contributed by atoms with Crippen LogP contribution in [0.2, 0.25) is 0 Å². The first-order valence-corrected chi connectivity index (χ1v) is 8.48. The molecule has 112 valence electrons. The van der Waals surface area contributed by atoms with E-state index in [1.54, 1.807) is 11.8 Å². The lowest BCUT2D eigenvalue weighted by Gasteiger charge is -2.05. The highest BCUT2D eigenvalue weighted by Crippen LogP contribution is 2.25. The van der Waals surface area contributed by atoms with Gasteiger partial charge in [0.2, 0.25) is 0 Å². The summed E-state index contributed by atoms with van der Waals surface area (Å²) in [5.74, 6) is 0.877. The molecule has 4 heteroatoms. The Morgan fingerprint density at radius 2 is 1.59 bits per heavy atom. The molecule has 0 aliphatic rings. The number of nitrogens with zero attached hydrogens (tertiary/aromatic N) is 1. The normalized spacial score (nSPS) is 10.0. The summed E-state index contributed by atoms with van der Waals surface area (Å²) >= 11 is 5.26. The van der Waals surface area contributed by atoms with Crippen LogP contribution >= 0.6 is 40.1 Å². The Labute approximate surface area is 149 Å². The number of thioether (sulfide) groups is 1. The van der Waals surface area contributed by atoms with Crippen LogP contribution in [0.4, 0.5) is 0 Å². The molecular weight excluding hydrogens is 378 g/mol. The molecule has 0 unspecified atom stereocenters. The van der Waals surface area contributed by atoms with Crippen LogP contribution in [0, 0.1) is 0 Å². The first kappa shape index (κ1) is 17.1. The molecule has 1 aromatic heterocycles. The van der Waals surface area contributed by atoms with Gasteiger partial charge in [0.15, 0.2) is 0 Å². The summed E-state index contributed by atoms with van der Waals surface area (Å²) in [5, 5.41) is 0. The van der Waals surface area contributed by atoms with Gasteiger partial charge in [-0.3, -0.25) is 4.98 Å². The van der Waals surface area contributed by atoms with Gasteiger partial charge in [0.05, 0.1) is 5.69 Å². The molecule has 22 heavy (non-hydrogen) atoms. The number of halogens is 2. The first-order valence-electron chi connectivity index (χ1n) is 6.70. The Kier molecular flexibility index (Phi) is 6.49. The summed E-state index contributed by atoms with van der Waals surface area (Å²) in [6, 6.07) is 23.0. The zero-order valence-electron chi connectivity index (χ0n) is 11.8. The number of hydrogen-bond acceptors (Lipinski definition) is 2. The Bertz CT molecular complexity index is 717. The molecule has 0 spiro atoms. The van der Waals surface area contributed by atoms with Gasteiger partial charge >= 0.3 is 0 Å². The van der Waals surface area contributed by atoms with Crippen LogP contribution in [0.3, 0.4) is 0 Å². The molecule has 3 rings (SSSR count). The molecule has 0 radical (unpaired) electrons. The number of benzene rings is 2. The van der Waals surface area contributed by atoms with Gasteiger partial charge in [-0.25, -0.2) is 0 Å². The van der Waals surface area contributed by atoms with Gasteiger partial charge in [0.1, 0.15) is 0 Å². The highest BCUT2D eigenvalue weighted by atomic mass is 79.9. The minimum atomic E-state index is 0. The van der Waals surface area contributed by atoms with Crippen LogP contribution in [0.1, 0.15) is 5.69 Å². The number of rotatable bonds is 4. The zero-order valence-corrected chi connectivity index (χ0v) is 15.0. The smallest absolute Gasteiger partial charge is 0.0512 e. The molecule has 0 amide bonds. The molecule has 0 atom stereocenters. The molecule has 0 saturated carbocycles. The lowest BCUT2D eigenvalue weighted by Crippen LogP contribution is -1.88. The van der Waals surface area contributed by atoms with Crippen molar-refractivity contribution >= 4 is 40.1 Å². The first-order chi connectivity index (χ1) is 10.3. The molecule has 0 fully saturated rings. The van der Waals surface area contributed by atoms with E-state index in [9.17, 15) is 0 Å². The summed E-state index contributed by atoms with van der Waals surface area (Å²) in [7, 11) is 0. The summed E-state index contributed by atoms with van der Waals surface area (Å²) < 4.78 is 1.11. The van der Waals surface area contributed by atoms with Gasteiger partial charge in [-0.05, 0) is 47.5 Å². The van der Waals surface area contributed by atoms with E-state index < -0.39 is 0 Å². The quantitative estimate of drug-likeness (QED) is 0.488. The number of aromatic nitrogens is 1. The maximum absolute atomic E-state index is 4.47. The van der Waals surface area contributed by atoms with E-state index in [0.29, 0.717) is 0 Å². The maximum Gasteiger partial charge on any atom is 0.0512 e. The second-order valence-electron chi connectivity index (χ2n) is 4.64. The molecule has 2 aromatic carbocycles. The van der Waals surface area contributed by atoms with Crippen LogP contribution < -0.4 is 0 Å². The number of hydrogen-bond donors (Lipinski definition) is 0. The van der Waals surface area contributed by atoms with Crippen molar-refractivity contribution in [2.24, 2.45) is 0 Å². The Hall–Kier alpha value is -1.29. The molecule has 1 nitrogen and oxygen atoms in total. The summed E-state index contributed by atoms with van der Waals surface area (Å²) in [6.45, 7) is 0. The van der Waals surface area contributed by atoms with E-state index in [2.05, 4.69) is 81.6 Å². The predicted molar refractivity (Wildman–Crippen MR) is 101 cm³/mol. The van der Waals surface area contributed by atoms with Crippen molar-refractivity contribution in [3.05, 3.63) is 83.1 Å². The van der Waals surface area contributed by atoms with Crippen molar-refractivity contribution in [3.8, 4) is 11.1 Å². The Morgan fingerprint density at radius 3 is 2.32 bits per heavy atom. The third-order valence-corrected chi connectivity index (χ3v) is 4.70. The summed E-state index contributed by atoms with van der Waals surface area (Å²) in [4.78, 5) is 5.72. The van der Waals surface area contributed by atoms with Crippen LogP contribution in [-0.4, -0.2) is 4.98 Å². The van der Waals surface area contributed by atoms with Crippen LogP contribution in [0.25, 0.3) is 11.1 Å². The molecule has 3 aromatic rings. The molecule has 0 saturated heterocycles. The third-order valence-electron chi connectivity index (χ3n) is 3.12. The minimum Gasteiger partial charge on any atom is -0.260 e. The van der Waals surface area contributed by atoms with E-state index in [4.69, 9.17) is 0 Å². The predicted octanol–water partition coefficient (Wildman–Crippen LogP) is 6.23. The maximum atomic E-state index is 4.47. The van der Waals surface area contributed by atoms with Crippen molar-refractivity contribution in [1.29, 1.82) is 0 Å². The standard InChI is InChI=1S/C18H14BrNS.ClH/c19-16-6-8-18(9-7-16)21-13-17-12-15(10-11-20-17)14-4-2-1-3-5-14;/h1-12H,13H2;1H. The van der Waals surface area contributed by atoms with E-state index >= 15 is 0 Å². The van der Waals surface area contributed by atoms with Crippen molar-refractivity contribution in [2.75, 3.05) is 0 Å². The highest BCUT2D eigenvalue weighted by molar-refractivity contribution is 9.10. The van der Waals surface area contributed by atoms with Gasteiger partial charge in [-0.1, -0.05) is 46.3 Å². The second-order valence-corrected chi connectivity index (χ2v) is 6.61. The SMILES string of the molecule is Brc1ccc(SCc2cc(-c3ccccc3)ccn2)cc1.Cl. The van der Waals surface area contributed by atoms with E-state index in [1.165, 1.54) is 16.0 Å². The molecule has 0 N–H and O–H groups in total. The molecule has 0 bridgehead atoms. The van der Waals surface area contributed by atoms with Crippen molar-refractivity contribution in [1.82, 2.24) is 4.98 Å². The number of pyridine rings is 1. The summed E-state index contributed by atoms with van der Waals surface area (Å²) in [6.07, 6.45) is 1.89. The lowest BCUT2D eigenvalue weighted by molar-refractivity contribution is 1.17.